The molecule has 0 aliphatic heterocycles. The Morgan fingerprint density at radius 3 is 2.60 bits per heavy atom. The third-order valence-corrected chi connectivity index (χ3v) is 2.33. The van der Waals surface area contributed by atoms with Gasteiger partial charge in [0.05, 0.1) is 5.69 Å². The van der Waals surface area contributed by atoms with Crippen LogP contribution in [0.15, 0.2) is 24.3 Å². The molecule has 112 valence electrons. The quantitative estimate of drug-likeness (QED) is 0.834. The molecule has 1 amide bonds. The first-order valence-electron chi connectivity index (χ1n) is 5.69. The van der Waals surface area contributed by atoms with E-state index in [9.17, 15) is 18.0 Å². The molecule has 0 saturated carbocycles. The SMILES string of the molecule is COC(CN)C(=O)Nc1ccccc1OCC(F)(F)F. The van der Waals surface area contributed by atoms with Crippen molar-refractivity contribution in [2.45, 2.75) is 12.3 Å². The fourth-order valence-electron chi connectivity index (χ4n) is 1.38. The van der Waals surface area contributed by atoms with Gasteiger partial charge in [-0.2, -0.15) is 13.2 Å². The van der Waals surface area contributed by atoms with E-state index in [1.54, 1.807) is 6.07 Å². The van der Waals surface area contributed by atoms with Crippen LogP contribution in [-0.2, 0) is 9.53 Å². The van der Waals surface area contributed by atoms with Crippen LogP contribution in [0.5, 0.6) is 5.75 Å². The van der Waals surface area contributed by atoms with E-state index in [1.165, 1.54) is 25.3 Å². The van der Waals surface area contributed by atoms with E-state index in [-0.39, 0.29) is 18.0 Å². The molecule has 0 radical (unpaired) electrons. The van der Waals surface area contributed by atoms with Crippen LogP contribution in [0, 0.1) is 0 Å². The van der Waals surface area contributed by atoms with Crippen molar-refractivity contribution in [2.24, 2.45) is 5.73 Å². The van der Waals surface area contributed by atoms with E-state index in [0.29, 0.717) is 0 Å². The number of amides is 1. The smallest absolute Gasteiger partial charge is 0.422 e. The fourth-order valence-corrected chi connectivity index (χ4v) is 1.38. The molecule has 1 rings (SSSR count). The Balaban J connectivity index is 2.77. The summed E-state index contributed by atoms with van der Waals surface area (Å²) in [5.41, 5.74) is 5.45. The minimum atomic E-state index is -4.45. The molecule has 0 saturated heterocycles. The second-order valence-electron chi connectivity index (χ2n) is 3.85. The van der Waals surface area contributed by atoms with E-state index in [0.717, 1.165) is 0 Å². The van der Waals surface area contributed by atoms with Gasteiger partial charge in [0, 0.05) is 13.7 Å². The number of methoxy groups -OCH3 is 1. The van der Waals surface area contributed by atoms with Crippen LogP contribution in [0.3, 0.4) is 0 Å². The third-order valence-electron chi connectivity index (χ3n) is 2.33. The summed E-state index contributed by atoms with van der Waals surface area (Å²) in [5.74, 6) is -0.636. The summed E-state index contributed by atoms with van der Waals surface area (Å²) in [6.07, 6.45) is -5.34. The molecule has 1 aromatic carbocycles. The predicted octanol–water partition coefficient (Wildman–Crippen LogP) is 1.54. The van der Waals surface area contributed by atoms with E-state index in [1.807, 2.05) is 0 Å². The number of carbonyl (C=O) groups is 1. The Hall–Kier alpha value is -1.80. The summed E-state index contributed by atoms with van der Waals surface area (Å²) >= 11 is 0. The Kier molecular flexibility index (Phi) is 5.78. The summed E-state index contributed by atoms with van der Waals surface area (Å²) in [6, 6.07) is 5.80. The maximum Gasteiger partial charge on any atom is 0.422 e. The molecule has 0 fully saturated rings. The van der Waals surface area contributed by atoms with Crippen LogP contribution in [0.25, 0.3) is 0 Å². The number of nitrogens with one attached hydrogen (secondary N) is 1. The van der Waals surface area contributed by atoms with E-state index >= 15 is 0 Å². The zero-order valence-corrected chi connectivity index (χ0v) is 10.7. The lowest BCUT2D eigenvalue weighted by atomic mass is 10.2. The number of hydrogen-bond donors (Lipinski definition) is 2. The monoisotopic (exact) mass is 292 g/mol. The summed E-state index contributed by atoms with van der Waals surface area (Å²) < 4.78 is 45.8. The summed E-state index contributed by atoms with van der Waals surface area (Å²) in [4.78, 5) is 11.7. The Morgan fingerprint density at radius 2 is 2.05 bits per heavy atom. The van der Waals surface area contributed by atoms with Gasteiger partial charge in [0.1, 0.15) is 11.9 Å². The molecular weight excluding hydrogens is 277 g/mol. The maximum absolute atomic E-state index is 12.1. The molecule has 1 unspecified atom stereocenters. The highest BCUT2D eigenvalue weighted by Gasteiger charge is 2.29. The predicted molar refractivity (Wildman–Crippen MR) is 66.5 cm³/mol. The van der Waals surface area contributed by atoms with Crippen molar-refractivity contribution in [2.75, 3.05) is 25.6 Å². The molecule has 5 nitrogen and oxygen atoms in total. The molecule has 20 heavy (non-hydrogen) atoms. The van der Waals surface area contributed by atoms with Gasteiger partial charge in [-0.3, -0.25) is 4.79 Å². The number of benzene rings is 1. The number of carbonyl (C=O) groups excluding carboxylic acids is 1. The second kappa shape index (κ2) is 7.11. The van der Waals surface area contributed by atoms with Gasteiger partial charge < -0.3 is 20.5 Å². The number of para-hydroxylation sites is 2. The van der Waals surface area contributed by atoms with Gasteiger partial charge in [0.25, 0.3) is 5.91 Å². The van der Waals surface area contributed by atoms with Crippen LogP contribution in [0.2, 0.25) is 0 Å². The molecule has 0 bridgehead atoms. The lowest BCUT2D eigenvalue weighted by molar-refractivity contribution is -0.153. The van der Waals surface area contributed by atoms with Crippen LogP contribution in [-0.4, -0.2) is 38.4 Å². The topological polar surface area (TPSA) is 73.6 Å². The van der Waals surface area contributed by atoms with Crippen molar-refractivity contribution in [3.05, 3.63) is 24.3 Å². The molecule has 3 N–H and O–H groups in total. The van der Waals surface area contributed by atoms with Crippen LogP contribution < -0.4 is 15.8 Å². The first kappa shape index (κ1) is 16.3. The van der Waals surface area contributed by atoms with Gasteiger partial charge in [0.15, 0.2) is 6.61 Å². The van der Waals surface area contributed by atoms with Crippen molar-refractivity contribution in [3.63, 3.8) is 0 Å². The molecule has 8 heteroatoms. The van der Waals surface area contributed by atoms with E-state index in [4.69, 9.17) is 10.5 Å². The van der Waals surface area contributed by atoms with Gasteiger partial charge in [-0.1, -0.05) is 12.1 Å². The molecule has 1 atom stereocenters. The number of hydrogen-bond acceptors (Lipinski definition) is 4. The normalized spacial score (nSPS) is 12.8. The number of alkyl halides is 3. The van der Waals surface area contributed by atoms with E-state index < -0.39 is 24.8 Å². The molecule has 0 aliphatic rings. The number of rotatable bonds is 6. The Bertz CT molecular complexity index is 448. The standard InChI is InChI=1S/C12H15F3N2O3/c1-19-10(6-16)11(18)17-8-4-2-3-5-9(8)20-7-12(13,14)15/h2-5,10H,6-7,16H2,1H3,(H,17,18). The fraction of sp³-hybridized carbons (Fsp3) is 0.417. The summed E-state index contributed by atoms with van der Waals surface area (Å²) in [6.45, 7) is -1.49. The zero-order valence-electron chi connectivity index (χ0n) is 10.7. The molecule has 1 aromatic rings. The molecule has 0 aliphatic carbocycles. The van der Waals surface area contributed by atoms with Crippen molar-refractivity contribution in [1.29, 1.82) is 0 Å². The van der Waals surface area contributed by atoms with Gasteiger partial charge in [-0.15, -0.1) is 0 Å². The second-order valence-corrected chi connectivity index (χ2v) is 3.85. The van der Waals surface area contributed by atoms with Crippen molar-refractivity contribution in [3.8, 4) is 5.75 Å². The minimum Gasteiger partial charge on any atom is -0.482 e. The molecular formula is C12H15F3N2O3. The van der Waals surface area contributed by atoms with Gasteiger partial charge in [-0.05, 0) is 12.1 Å². The van der Waals surface area contributed by atoms with Crippen molar-refractivity contribution >= 4 is 11.6 Å². The zero-order chi connectivity index (χ0) is 15.2. The minimum absolute atomic E-state index is 0.0477. The lowest BCUT2D eigenvalue weighted by Crippen LogP contribution is -2.36. The third kappa shape index (κ3) is 5.06. The molecule has 0 aromatic heterocycles. The van der Waals surface area contributed by atoms with Crippen LogP contribution in [0.4, 0.5) is 18.9 Å². The van der Waals surface area contributed by atoms with Crippen molar-refractivity contribution < 1.29 is 27.4 Å². The number of anilines is 1. The average molecular weight is 292 g/mol. The molecule has 0 heterocycles. The lowest BCUT2D eigenvalue weighted by Gasteiger charge is -2.16. The first-order chi connectivity index (χ1) is 9.37. The van der Waals surface area contributed by atoms with Crippen LogP contribution in [0.1, 0.15) is 0 Å². The van der Waals surface area contributed by atoms with Crippen LogP contribution >= 0.6 is 0 Å². The van der Waals surface area contributed by atoms with Crippen molar-refractivity contribution in [1.82, 2.24) is 0 Å². The number of ether oxygens (including phenoxy) is 2. The average Bonchev–Trinajstić information content (AvgIpc) is 2.38. The summed E-state index contributed by atoms with van der Waals surface area (Å²) in [5, 5.41) is 2.41. The largest absolute Gasteiger partial charge is 0.482 e. The first-order valence-corrected chi connectivity index (χ1v) is 5.69. The van der Waals surface area contributed by atoms with Gasteiger partial charge in [0.2, 0.25) is 0 Å². The highest BCUT2D eigenvalue weighted by atomic mass is 19.4. The molecule has 0 spiro atoms. The number of halogens is 3. The van der Waals surface area contributed by atoms with Gasteiger partial charge in [-0.25, -0.2) is 0 Å². The summed E-state index contributed by atoms with van der Waals surface area (Å²) in [7, 11) is 1.31. The Morgan fingerprint density at radius 1 is 1.40 bits per heavy atom. The number of nitrogens with two attached hydrogens (primary N) is 1. The van der Waals surface area contributed by atoms with Gasteiger partial charge >= 0.3 is 6.18 Å². The highest BCUT2D eigenvalue weighted by Crippen LogP contribution is 2.26. The van der Waals surface area contributed by atoms with E-state index in [2.05, 4.69) is 10.1 Å². The maximum atomic E-state index is 12.1. The Labute approximate surface area is 113 Å². The highest BCUT2D eigenvalue weighted by molar-refractivity contribution is 5.95.